The summed E-state index contributed by atoms with van der Waals surface area (Å²) in [7, 11) is 0. The lowest BCUT2D eigenvalue weighted by atomic mass is 9.96. The number of rotatable bonds is 10. The van der Waals surface area contributed by atoms with Crippen LogP contribution in [0.25, 0.3) is 0 Å². The van der Waals surface area contributed by atoms with Gasteiger partial charge in [0.05, 0.1) is 0 Å². The lowest BCUT2D eigenvalue weighted by Gasteiger charge is -2.28. The first kappa shape index (κ1) is 18.7. The van der Waals surface area contributed by atoms with E-state index in [1.165, 1.54) is 0 Å². The maximum Gasteiger partial charge on any atom is 0.225 e. The lowest BCUT2D eigenvalue weighted by molar-refractivity contribution is -0.136. The summed E-state index contributed by atoms with van der Waals surface area (Å²) in [6.07, 6.45) is 4.33. The fraction of sp³-hybridized carbons (Fsp3) is 0.867. The van der Waals surface area contributed by atoms with Crippen molar-refractivity contribution in [2.45, 2.75) is 59.8 Å². The molecule has 5 nitrogen and oxygen atoms in total. The van der Waals surface area contributed by atoms with E-state index in [0.717, 1.165) is 32.2 Å². The average molecular weight is 285 g/mol. The largest absolute Gasteiger partial charge is 0.409 e. The SMILES string of the molecule is CCCC(CCC)C(=O)N(CCC(N)=NO)CC(C)C. The Hall–Kier alpha value is -1.26. The molecule has 0 aliphatic rings. The molecule has 118 valence electrons. The summed E-state index contributed by atoms with van der Waals surface area (Å²) >= 11 is 0. The standard InChI is InChI=1S/C15H31N3O2/c1-5-7-13(8-6-2)15(19)18(11-12(3)4)10-9-14(16)17-20/h12-13,20H,5-11H2,1-4H3,(H2,16,17). The normalized spacial score (nSPS) is 12.2. The highest BCUT2D eigenvalue weighted by atomic mass is 16.4. The third kappa shape index (κ3) is 7.36. The summed E-state index contributed by atoms with van der Waals surface area (Å²) < 4.78 is 0. The van der Waals surface area contributed by atoms with Crippen molar-refractivity contribution in [3.05, 3.63) is 0 Å². The molecule has 0 aliphatic carbocycles. The minimum Gasteiger partial charge on any atom is -0.409 e. The molecule has 5 heteroatoms. The van der Waals surface area contributed by atoms with E-state index in [9.17, 15) is 4.79 Å². The molecule has 0 aliphatic heterocycles. The van der Waals surface area contributed by atoms with E-state index in [1.807, 2.05) is 4.90 Å². The highest BCUT2D eigenvalue weighted by molar-refractivity contribution is 5.82. The number of amides is 1. The van der Waals surface area contributed by atoms with Gasteiger partial charge < -0.3 is 15.8 Å². The number of hydrogen-bond acceptors (Lipinski definition) is 3. The van der Waals surface area contributed by atoms with Gasteiger partial charge in [0.15, 0.2) is 0 Å². The molecule has 0 saturated carbocycles. The first-order chi connectivity index (χ1) is 9.46. The van der Waals surface area contributed by atoms with E-state index in [4.69, 9.17) is 10.9 Å². The van der Waals surface area contributed by atoms with Crippen LogP contribution in [0.4, 0.5) is 0 Å². The summed E-state index contributed by atoms with van der Waals surface area (Å²) in [5.74, 6) is 0.911. The van der Waals surface area contributed by atoms with Crippen molar-refractivity contribution >= 4 is 11.7 Å². The van der Waals surface area contributed by atoms with Crippen LogP contribution < -0.4 is 5.73 Å². The van der Waals surface area contributed by atoms with Gasteiger partial charge in [0.25, 0.3) is 0 Å². The van der Waals surface area contributed by atoms with E-state index in [1.54, 1.807) is 0 Å². The zero-order chi connectivity index (χ0) is 15.5. The molecule has 0 saturated heterocycles. The molecule has 0 heterocycles. The number of hydrogen-bond donors (Lipinski definition) is 2. The van der Waals surface area contributed by atoms with Crippen molar-refractivity contribution in [3.8, 4) is 0 Å². The van der Waals surface area contributed by atoms with E-state index in [2.05, 4.69) is 32.9 Å². The Kier molecular flexibility index (Phi) is 9.86. The molecule has 0 unspecified atom stereocenters. The summed E-state index contributed by atoms with van der Waals surface area (Å²) in [5, 5.41) is 11.6. The monoisotopic (exact) mass is 285 g/mol. The van der Waals surface area contributed by atoms with Gasteiger partial charge in [-0.25, -0.2) is 0 Å². The number of amidine groups is 1. The molecular weight excluding hydrogens is 254 g/mol. The number of carbonyl (C=O) groups is 1. The number of nitrogens with two attached hydrogens (primary N) is 1. The van der Waals surface area contributed by atoms with Crippen molar-refractivity contribution in [1.82, 2.24) is 4.90 Å². The van der Waals surface area contributed by atoms with E-state index in [-0.39, 0.29) is 17.7 Å². The molecule has 0 bridgehead atoms. The predicted octanol–water partition coefficient (Wildman–Crippen LogP) is 2.82. The van der Waals surface area contributed by atoms with Gasteiger partial charge in [0.1, 0.15) is 5.84 Å². The Labute approximate surface area is 123 Å². The third-order valence-corrected chi connectivity index (χ3v) is 3.29. The first-order valence-corrected chi connectivity index (χ1v) is 7.71. The Bertz CT molecular complexity index is 297. The van der Waals surface area contributed by atoms with Crippen LogP contribution in [0.15, 0.2) is 5.16 Å². The highest BCUT2D eigenvalue weighted by Crippen LogP contribution is 2.18. The molecular formula is C15H31N3O2. The first-order valence-electron chi connectivity index (χ1n) is 7.71. The maximum absolute atomic E-state index is 12.6. The Morgan fingerprint density at radius 1 is 1.25 bits per heavy atom. The van der Waals surface area contributed by atoms with Crippen LogP contribution in [0, 0.1) is 11.8 Å². The molecule has 1 amide bonds. The van der Waals surface area contributed by atoms with E-state index < -0.39 is 0 Å². The topological polar surface area (TPSA) is 78.9 Å². The molecule has 0 aromatic rings. The molecule has 0 rings (SSSR count). The molecule has 0 spiro atoms. The summed E-state index contributed by atoms with van der Waals surface area (Å²) in [6.45, 7) is 9.66. The van der Waals surface area contributed by atoms with Crippen molar-refractivity contribution in [2.75, 3.05) is 13.1 Å². The lowest BCUT2D eigenvalue weighted by Crippen LogP contribution is -2.40. The number of nitrogens with zero attached hydrogens (tertiary/aromatic N) is 2. The Morgan fingerprint density at radius 3 is 2.20 bits per heavy atom. The third-order valence-electron chi connectivity index (χ3n) is 3.29. The van der Waals surface area contributed by atoms with Crippen molar-refractivity contribution in [2.24, 2.45) is 22.7 Å². The van der Waals surface area contributed by atoms with Crippen LogP contribution in [0.3, 0.4) is 0 Å². The maximum atomic E-state index is 12.6. The van der Waals surface area contributed by atoms with Gasteiger partial charge >= 0.3 is 0 Å². The molecule has 0 radical (unpaired) electrons. The van der Waals surface area contributed by atoms with Crippen molar-refractivity contribution < 1.29 is 10.0 Å². The van der Waals surface area contributed by atoms with Gasteiger partial charge in [0.2, 0.25) is 5.91 Å². The summed E-state index contributed by atoms with van der Waals surface area (Å²) in [4.78, 5) is 14.5. The predicted molar refractivity (Wildman–Crippen MR) is 82.7 cm³/mol. The van der Waals surface area contributed by atoms with Gasteiger partial charge in [-0.3, -0.25) is 4.79 Å². The quantitative estimate of drug-likeness (QED) is 0.280. The zero-order valence-corrected chi connectivity index (χ0v) is 13.4. The summed E-state index contributed by atoms with van der Waals surface area (Å²) in [5.41, 5.74) is 5.51. The van der Waals surface area contributed by atoms with Gasteiger partial charge in [-0.15, -0.1) is 0 Å². The van der Waals surface area contributed by atoms with Crippen LogP contribution in [0.2, 0.25) is 0 Å². The fourth-order valence-corrected chi connectivity index (χ4v) is 2.38. The van der Waals surface area contributed by atoms with Crippen LogP contribution in [0.1, 0.15) is 59.8 Å². The average Bonchev–Trinajstić information content (AvgIpc) is 2.41. The van der Waals surface area contributed by atoms with Crippen LogP contribution in [-0.4, -0.2) is 34.9 Å². The molecule has 0 atom stereocenters. The number of oxime groups is 1. The fourth-order valence-electron chi connectivity index (χ4n) is 2.38. The molecule has 20 heavy (non-hydrogen) atoms. The second-order valence-electron chi connectivity index (χ2n) is 5.79. The minimum absolute atomic E-state index is 0.107. The molecule has 0 aromatic carbocycles. The van der Waals surface area contributed by atoms with Crippen LogP contribution >= 0.6 is 0 Å². The van der Waals surface area contributed by atoms with Gasteiger partial charge in [-0.1, -0.05) is 45.7 Å². The minimum atomic E-state index is 0.107. The Morgan fingerprint density at radius 2 is 1.80 bits per heavy atom. The highest BCUT2D eigenvalue weighted by Gasteiger charge is 2.23. The molecule has 0 aromatic heterocycles. The molecule has 0 fully saturated rings. The van der Waals surface area contributed by atoms with Crippen LogP contribution in [0.5, 0.6) is 0 Å². The summed E-state index contributed by atoms with van der Waals surface area (Å²) in [6, 6.07) is 0. The van der Waals surface area contributed by atoms with Crippen LogP contribution in [-0.2, 0) is 4.79 Å². The number of carbonyl (C=O) groups excluding carboxylic acids is 1. The molecule has 3 N–H and O–H groups in total. The second-order valence-corrected chi connectivity index (χ2v) is 5.79. The van der Waals surface area contributed by atoms with Gasteiger partial charge in [-0.05, 0) is 18.8 Å². The van der Waals surface area contributed by atoms with Gasteiger partial charge in [-0.2, -0.15) is 0 Å². The van der Waals surface area contributed by atoms with Crippen molar-refractivity contribution in [3.63, 3.8) is 0 Å². The van der Waals surface area contributed by atoms with Gasteiger partial charge in [0, 0.05) is 25.4 Å². The van der Waals surface area contributed by atoms with Crippen molar-refractivity contribution in [1.29, 1.82) is 0 Å². The van der Waals surface area contributed by atoms with E-state index >= 15 is 0 Å². The zero-order valence-electron chi connectivity index (χ0n) is 13.4. The second kappa shape index (κ2) is 10.5. The van der Waals surface area contributed by atoms with E-state index in [0.29, 0.717) is 18.9 Å². The smallest absolute Gasteiger partial charge is 0.225 e. The Balaban J connectivity index is 4.75.